The Morgan fingerprint density at radius 3 is 2.50 bits per heavy atom. The first-order chi connectivity index (χ1) is 7.54. The molecule has 0 unspecified atom stereocenters. The van der Waals surface area contributed by atoms with Crippen LogP contribution in [-0.4, -0.2) is 23.4 Å². The van der Waals surface area contributed by atoms with Crippen LogP contribution < -0.4 is 0 Å². The number of rotatable bonds is 5. The Balaban J connectivity index is 2.77. The van der Waals surface area contributed by atoms with E-state index in [1.54, 1.807) is 0 Å². The number of nitrogens with zero attached hydrogens (tertiary/aromatic N) is 1. The van der Waals surface area contributed by atoms with Gasteiger partial charge in [-0.25, -0.2) is 8.78 Å². The number of halogens is 3. The third kappa shape index (κ3) is 3.72. The van der Waals surface area contributed by atoms with Crippen LogP contribution in [0, 0.1) is 11.6 Å². The van der Waals surface area contributed by atoms with Gasteiger partial charge >= 0.3 is 0 Å². The van der Waals surface area contributed by atoms with Crippen molar-refractivity contribution in [2.75, 3.05) is 12.4 Å². The fourth-order valence-corrected chi connectivity index (χ4v) is 1.71. The van der Waals surface area contributed by atoms with Gasteiger partial charge in [-0.3, -0.25) is 4.90 Å². The van der Waals surface area contributed by atoms with Crippen LogP contribution in [0.2, 0.25) is 0 Å². The maximum atomic E-state index is 13.4. The van der Waals surface area contributed by atoms with E-state index in [1.807, 2.05) is 18.7 Å². The van der Waals surface area contributed by atoms with Crippen LogP contribution in [0.15, 0.2) is 18.2 Å². The summed E-state index contributed by atoms with van der Waals surface area (Å²) >= 11 is 5.68. The number of hydrogen-bond donors (Lipinski definition) is 0. The predicted octanol–water partition coefficient (Wildman–Crippen LogP) is 3.41. The zero-order valence-electron chi connectivity index (χ0n) is 9.51. The molecule has 0 aliphatic rings. The Labute approximate surface area is 100 Å². The molecule has 1 aromatic rings. The highest BCUT2D eigenvalue weighted by molar-refractivity contribution is 6.18. The molecule has 16 heavy (non-hydrogen) atoms. The van der Waals surface area contributed by atoms with Crippen molar-refractivity contribution >= 4 is 11.6 Å². The van der Waals surface area contributed by atoms with E-state index >= 15 is 0 Å². The van der Waals surface area contributed by atoms with E-state index < -0.39 is 11.6 Å². The van der Waals surface area contributed by atoms with Gasteiger partial charge in [-0.15, -0.1) is 11.6 Å². The monoisotopic (exact) mass is 247 g/mol. The summed E-state index contributed by atoms with van der Waals surface area (Å²) < 4.78 is 26.1. The Bertz CT molecular complexity index is 342. The molecule has 0 heterocycles. The van der Waals surface area contributed by atoms with Gasteiger partial charge in [0.05, 0.1) is 0 Å². The van der Waals surface area contributed by atoms with E-state index in [0.717, 1.165) is 6.07 Å². The largest absolute Gasteiger partial charge is 0.295 e. The zero-order valence-corrected chi connectivity index (χ0v) is 10.3. The summed E-state index contributed by atoms with van der Waals surface area (Å²) in [4.78, 5) is 2.04. The van der Waals surface area contributed by atoms with Gasteiger partial charge in [-0.1, -0.05) is 6.07 Å². The molecular formula is C12H16ClF2N. The maximum Gasteiger partial charge on any atom is 0.130 e. The molecule has 0 amide bonds. The van der Waals surface area contributed by atoms with E-state index in [9.17, 15) is 8.78 Å². The first kappa shape index (κ1) is 13.4. The lowest BCUT2D eigenvalue weighted by Gasteiger charge is -2.25. The second-order valence-corrected chi connectivity index (χ2v) is 4.37. The minimum Gasteiger partial charge on any atom is -0.295 e. The summed E-state index contributed by atoms with van der Waals surface area (Å²) in [7, 11) is 0. The van der Waals surface area contributed by atoms with Crippen molar-refractivity contribution in [2.45, 2.75) is 26.4 Å². The molecule has 0 saturated carbocycles. The van der Waals surface area contributed by atoms with E-state index in [1.165, 1.54) is 12.1 Å². The van der Waals surface area contributed by atoms with Crippen molar-refractivity contribution in [3.63, 3.8) is 0 Å². The SMILES string of the molecule is CC(C)N(CCCl)Cc1ccc(F)cc1F. The molecule has 1 rings (SSSR count). The molecule has 0 atom stereocenters. The van der Waals surface area contributed by atoms with Crippen molar-refractivity contribution < 1.29 is 8.78 Å². The normalized spacial score (nSPS) is 11.4. The van der Waals surface area contributed by atoms with Gasteiger partial charge in [0.1, 0.15) is 11.6 Å². The van der Waals surface area contributed by atoms with Gasteiger partial charge < -0.3 is 0 Å². The lowest BCUT2D eigenvalue weighted by molar-refractivity contribution is 0.223. The van der Waals surface area contributed by atoms with Crippen LogP contribution >= 0.6 is 11.6 Å². The lowest BCUT2D eigenvalue weighted by atomic mass is 10.1. The Hall–Kier alpha value is -0.670. The Kier molecular flexibility index (Phi) is 5.16. The standard InChI is InChI=1S/C12H16ClF2N/c1-9(2)16(6-5-13)8-10-3-4-11(14)7-12(10)15/h3-4,7,9H,5-6,8H2,1-2H3. The fraction of sp³-hybridized carbons (Fsp3) is 0.500. The molecule has 0 aromatic heterocycles. The zero-order chi connectivity index (χ0) is 12.1. The third-order valence-electron chi connectivity index (χ3n) is 2.49. The van der Waals surface area contributed by atoms with Crippen molar-refractivity contribution in [1.29, 1.82) is 0 Å². The van der Waals surface area contributed by atoms with Gasteiger partial charge in [0.15, 0.2) is 0 Å². The molecule has 0 spiro atoms. The highest BCUT2D eigenvalue weighted by atomic mass is 35.5. The molecule has 90 valence electrons. The Morgan fingerprint density at radius 1 is 1.31 bits per heavy atom. The minimum atomic E-state index is -0.547. The molecule has 0 bridgehead atoms. The summed E-state index contributed by atoms with van der Waals surface area (Å²) in [6, 6.07) is 3.95. The second kappa shape index (κ2) is 6.16. The van der Waals surface area contributed by atoms with E-state index in [4.69, 9.17) is 11.6 Å². The molecule has 1 aromatic carbocycles. The fourth-order valence-electron chi connectivity index (χ4n) is 1.50. The molecule has 0 fully saturated rings. The first-order valence-electron chi connectivity index (χ1n) is 5.28. The smallest absolute Gasteiger partial charge is 0.130 e. The quantitative estimate of drug-likeness (QED) is 0.721. The van der Waals surface area contributed by atoms with Crippen molar-refractivity contribution in [2.24, 2.45) is 0 Å². The van der Waals surface area contributed by atoms with Crippen molar-refractivity contribution in [3.8, 4) is 0 Å². The molecule has 0 aliphatic heterocycles. The van der Waals surface area contributed by atoms with Crippen LogP contribution in [-0.2, 0) is 6.54 Å². The van der Waals surface area contributed by atoms with Gasteiger partial charge in [-0.2, -0.15) is 0 Å². The number of alkyl halides is 1. The molecule has 0 radical (unpaired) electrons. The van der Waals surface area contributed by atoms with E-state index in [-0.39, 0.29) is 6.04 Å². The predicted molar refractivity (Wildman–Crippen MR) is 62.6 cm³/mol. The van der Waals surface area contributed by atoms with Crippen LogP contribution in [0.25, 0.3) is 0 Å². The van der Waals surface area contributed by atoms with Gasteiger partial charge in [-0.05, 0) is 19.9 Å². The Morgan fingerprint density at radius 2 is 2.00 bits per heavy atom. The number of benzene rings is 1. The van der Waals surface area contributed by atoms with Gasteiger partial charge in [0.25, 0.3) is 0 Å². The average Bonchev–Trinajstić information content (AvgIpc) is 2.20. The van der Waals surface area contributed by atoms with Crippen LogP contribution in [0.4, 0.5) is 8.78 Å². The van der Waals surface area contributed by atoms with Crippen molar-refractivity contribution in [3.05, 3.63) is 35.4 Å². The molecule has 4 heteroatoms. The highest BCUT2D eigenvalue weighted by Crippen LogP contribution is 2.13. The summed E-state index contributed by atoms with van der Waals surface area (Å²) in [5, 5.41) is 0. The van der Waals surface area contributed by atoms with Crippen molar-refractivity contribution in [1.82, 2.24) is 4.90 Å². The van der Waals surface area contributed by atoms with Gasteiger partial charge in [0.2, 0.25) is 0 Å². The first-order valence-corrected chi connectivity index (χ1v) is 5.82. The van der Waals surface area contributed by atoms with E-state index in [2.05, 4.69) is 0 Å². The maximum absolute atomic E-state index is 13.4. The summed E-state index contributed by atoms with van der Waals surface area (Å²) in [5.41, 5.74) is 0.500. The summed E-state index contributed by atoms with van der Waals surface area (Å²) in [6.07, 6.45) is 0. The molecular weight excluding hydrogens is 232 g/mol. The average molecular weight is 248 g/mol. The number of hydrogen-bond acceptors (Lipinski definition) is 1. The summed E-state index contributed by atoms with van der Waals surface area (Å²) in [5.74, 6) is -0.545. The van der Waals surface area contributed by atoms with Crippen LogP contribution in [0.1, 0.15) is 19.4 Å². The highest BCUT2D eigenvalue weighted by Gasteiger charge is 2.12. The molecule has 1 nitrogen and oxygen atoms in total. The lowest BCUT2D eigenvalue weighted by Crippen LogP contribution is -2.32. The molecule has 0 saturated heterocycles. The minimum absolute atomic E-state index is 0.281. The summed E-state index contributed by atoms with van der Waals surface area (Å²) in [6.45, 7) is 5.19. The van der Waals surface area contributed by atoms with Crippen LogP contribution in [0.5, 0.6) is 0 Å². The third-order valence-corrected chi connectivity index (χ3v) is 2.66. The second-order valence-electron chi connectivity index (χ2n) is 3.99. The topological polar surface area (TPSA) is 3.24 Å². The van der Waals surface area contributed by atoms with E-state index in [0.29, 0.717) is 24.5 Å². The van der Waals surface area contributed by atoms with Crippen LogP contribution in [0.3, 0.4) is 0 Å². The van der Waals surface area contributed by atoms with Gasteiger partial charge in [0, 0.05) is 36.6 Å². The molecule has 0 aliphatic carbocycles. The molecule has 0 N–H and O–H groups in total.